The van der Waals surface area contributed by atoms with Gasteiger partial charge in [-0.1, -0.05) is 30.3 Å². The van der Waals surface area contributed by atoms with Gasteiger partial charge in [0, 0.05) is 25.5 Å². The number of nitriles is 1. The Kier molecular flexibility index (Phi) is 4.94. The van der Waals surface area contributed by atoms with Gasteiger partial charge in [0.1, 0.15) is 11.6 Å². The molecule has 0 aliphatic rings. The first-order chi connectivity index (χ1) is 10.6. The fraction of sp³-hybridized carbons (Fsp3) is 0.111. The number of hydrogen-bond acceptors (Lipinski definition) is 3. The van der Waals surface area contributed by atoms with Gasteiger partial charge in [0.05, 0.1) is 0 Å². The highest BCUT2D eigenvalue weighted by Gasteiger charge is 2.09. The predicted molar refractivity (Wildman–Crippen MR) is 89.4 cm³/mol. The Hall–Kier alpha value is -3.06. The van der Waals surface area contributed by atoms with E-state index in [-0.39, 0.29) is 5.57 Å². The van der Waals surface area contributed by atoms with Crippen molar-refractivity contribution in [3.8, 4) is 6.07 Å². The highest BCUT2D eigenvalue weighted by Crippen LogP contribution is 2.15. The molecule has 0 aliphatic carbocycles. The minimum atomic E-state index is -0.412. The van der Waals surface area contributed by atoms with Crippen LogP contribution in [0.15, 0.2) is 60.2 Å². The SMILES string of the molecule is CN(C)c1ccc(/C=C(\C#N)C(=O)Nc2ccccc2)cc1. The summed E-state index contributed by atoms with van der Waals surface area (Å²) in [6, 6.07) is 18.6. The molecule has 0 radical (unpaired) electrons. The second-order valence-corrected chi connectivity index (χ2v) is 4.98. The predicted octanol–water partition coefficient (Wildman–Crippen LogP) is 3.30. The van der Waals surface area contributed by atoms with Gasteiger partial charge >= 0.3 is 0 Å². The molecule has 0 heterocycles. The van der Waals surface area contributed by atoms with Crippen LogP contribution in [-0.4, -0.2) is 20.0 Å². The molecule has 2 rings (SSSR count). The summed E-state index contributed by atoms with van der Waals surface area (Å²) in [4.78, 5) is 14.1. The molecule has 2 aromatic carbocycles. The van der Waals surface area contributed by atoms with Gasteiger partial charge in [0.15, 0.2) is 0 Å². The van der Waals surface area contributed by atoms with E-state index in [0.717, 1.165) is 11.3 Å². The van der Waals surface area contributed by atoms with E-state index in [1.807, 2.05) is 67.5 Å². The smallest absolute Gasteiger partial charge is 0.266 e. The first-order valence-corrected chi connectivity index (χ1v) is 6.86. The van der Waals surface area contributed by atoms with Crippen molar-refractivity contribution in [3.63, 3.8) is 0 Å². The largest absolute Gasteiger partial charge is 0.378 e. The number of anilines is 2. The molecule has 1 amide bonds. The number of nitrogens with zero attached hydrogens (tertiary/aromatic N) is 2. The molecule has 110 valence electrons. The summed E-state index contributed by atoms with van der Waals surface area (Å²) in [6.45, 7) is 0. The van der Waals surface area contributed by atoms with E-state index < -0.39 is 5.91 Å². The number of para-hydroxylation sites is 1. The van der Waals surface area contributed by atoms with Crippen molar-refractivity contribution in [1.29, 1.82) is 5.26 Å². The number of amides is 1. The quantitative estimate of drug-likeness (QED) is 0.694. The summed E-state index contributed by atoms with van der Waals surface area (Å²) >= 11 is 0. The fourth-order valence-electron chi connectivity index (χ4n) is 1.90. The molecule has 0 aliphatic heterocycles. The van der Waals surface area contributed by atoms with Crippen LogP contribution in [0.4, 0.5) is 11.4 Å². The Morgan fingerprint density at radius 2 is 1.73 bits per heavy atom. The van der Waals surface area contributed by atoms with E-state index >= 15 is 0 Å². The number of hydrogen-bond donors (Lipinski definition) is 1. The molecular weight excluding hydrogens is 274 g/mol. The zero-order valence-electron chi connectivity index (χ0n) is 12.6. The average Bonchev–Trinajstić information content (AvgIpc) is 2.53. The third-order valence-corrected chi connectivity index (χ3v) is 3.12. The molecule has 1 N–H and O–H groups in total. The molecule has 4 nitrogen and oxygen atoms in total. The van der Waals surface area contributed by atoms with Gasteiger partial charge in [-0.3, -0.25) is 4.79 Å². The van der Waals surface area contributed by atoms with Crippen LogP contribution >= 0.6 is 0 Å². The standard InChI is InChI=1S/C18H17N3O/c1-21(2)17-10-8-14(9-11-17)12-15(13-19)18(22)20-16-6-4-3-5-7-16/h3-12H,1-2H3,(H,20,22)/b15-12+. The minimum Gasteiger partial charge on any atom is -0.378 e. The monoisotopic (exact) mass is 291 g/mol. The lowest BCUT2D eigenvalue weighted by Crippen LogP contribution is -2.13. The molecule has 22 heavy (non-hydrogen) atoms. The summed E-state index contributed by atoms with van der Waals surface area (Å²) in [6.07, 6.45) is 1.58. The number of nitrogens with one attached hydrogen (secondary N) is 1. The highest BCUT2D eigenvalue weighted by atomic mass is 16.1. The van der Waals surface area contributed by atoms with Crippen LogP contribution in [0, 0.1) is 11.3 Å². The van der Waals surface area contributed by atoms with Gasteiger partial charge in [-0.25, -0.2) is 0 Å². The summed E-state index contributed by atoms with van der Waals surface area (Å²) in [5.74, 6) is -0.412. The van der Waals surface area contributed by atoms with Gasteiger partial charge in [-0.2, -0.15) is 5.26 Å². The Bertz CT molecular complexity index is 710. The summed E-state index contributed by atoms with van der Waals surface area (Å²) in [5.41, 5.74) is 2.60. The average molecular weight is 291 g/mol. The second-order valence-electron chi connectivity index (χ2n) is 4.98. The van der Waals surface area contributed by atoms with Crippen LogP contribution in [0.1, 0.15) is 5.56 Å². The van der Waals surface area contributed by atoms with E-state index in [9.17, 15) is 10.1 Å². The van der Waals surface area contributed by atoms with Gasteiger partial charge in [0.25, 0.3) is 5.91 Å². The molecular formula is C18H17N3O. The third kappa shape index (κ3) is 3.97. The number of carbonyl (C=O) groups is 1. The summed E-state index contributed by atoms with van der Waals surface area (Å²) < 4.78 is 0. The molecule has 0 fully saturated rings. The zero-order valence-corrected chi connectivity index (χ0v) is 12.6. The molecule has 2 aromatic rings. The summed E-state index contributed by atoms with van der Waals surface area (Å²) in [7, 11) is 3.91. The Balaban J connectivity index is 2.16. The maximum Gasteiger partial charge on any atom is 0.266 e. The number of rotatable bonds is 4. The van der Waals surface area contributed by atoms with Gasteiger partial charge < -0.3 is 10.2 Å². The van der Waals surface area contributed by atoms with Crippen molar-refractivity contribution in [1.82, 2.24) is 0 Å². The minimum absolute atomic E-state index is 0.0708. The van der Waals surface area contributed by atoms with Crippen LogP contribution in [-0.2, 0) is 4.79 Å². The van der Waals surface area contributed by atoms with E-state index in [2.05, 4.69) is 5.32 Å². The van der Waals surface area contributed by atoms with Crippen molar-refractivity contribution in [2.75, 3.05) is 24.3 Å². The lowest BCUT2D eigenvalue weighted by atomic mass is 10.1. The molecule has 0 spiro atoms. The maximum absolute atomic E-state index is 12.1. The molecule has 0 unspecified atom stereocenters. The molecule has 0 bridgehead atoms. The van der Waals surface area contributed by atoms with Crippen molar-refractivity contribution in [3.05, 3.63) is 65.7 Å². The van der Waals surface area contributed by atoms with Crippen LogP contribution in [0.3, 0.4) is 0 Å². The van der Waals surface area contributed by atoms with Gasteiger partial charge in [-0.05, 0) is 35.9 Å². The zero-order chi connectivity index (χ0) is 15.9. The van der Waals surface area contributed by atoms with Crippen LogP contribution < -0.4 is 10.2 Å². The number of carbonyl (C=O) groups excluding carboxylic acids is 1. The normalized spacial score (nSPS) is 10.7. The van der Waals surface area contributed by atoms with Crippen molar-refractivity contribution >= 4 is 23.4 Å². The number of benzene rings is 2. The Morgan fingerprint density at radius 3 is 2.27 bits per heavy atom. The van der Waals surface area contributed by atoms with E-state index in [1.54, 1.807) is 18.2 Å². The Labute approximate surface area is 130 Å². The molecule has 0 atom stereocenters. The fourth-order valence-corrected chi connectivity index (χ4v) is 1.90. The Morgan fingerprint density at radius 1 is 1.09 bits per heavy atom. The lowest BCUT2D eigenvalue weighted by molar-refractivity contribution is -0.112. The maximum atomic E-state index is 12.1. The molecule has 0 aromatic heterocycles. The molecule has 4 heteroatoms. The lowest BCUT2D eigenvalue weighted by Gasteiger charge is -2.11. The highest BCUT2D eigenvalue weighted by molar-refractivity contribution is 6.09. The topological polar surface area (TPSA) is 56.1 Å². The third-order valence-electron chi connectivity index (χ3n) is 3.12. The molecule has 0 saturated carbocycles. The summed E-state index contributed by atoms with van der Waals surface area (Å²) in [5, 5.41) is 11.9. The second kappa shape index (κ2) is 7.09. The van der Waals surface area contributed by atoms with E-state index in [1.165, 1.54) is 0 Å². The van der Waals surface area contributed by atoms with Crippen molar-refractivity contribution < 1.29 is 4.79 Å². The van der Waals surface area contributed by atoms with Crippen LogP contribution in [0.5, 0.6) is 0 Å². The first-order valence-electron chi connectivity index (χ1n) is 6.86. The van der Waals surface area contributed by atoms with E-state index in [0.29, 0.717) is 5.69 Å². The van der Waals surface area contributed by atoms with Gasteiger partial charge in [-0.15, -0.1) is 0 Å². The van der Waals surface area contributed by atoms with Crippen LogP contribution in [0.25, 0.3) is 6.08 Å². The first kappa shape index (κ1) is 15.3. The van der Waals surface area contributed by atoms with Crippen LogP contribution in [0.2, 0.25) is 0 Å². The van der Waals surface area contributed by atoms with Crippen molar-refractivity contribution in [2.24, 2.45) is 0 Å². The van der Waals surface area contributed by atoms with E-state index in [4.69, 9.17) is 0 Å². The molecule has 0 saturated heterocycles. The van der Waals surface area contributed by atoms with Crippen molar-refractivity contribution in [2.45, 2.75) is 0 Å². The van der Waals surface area contributed by atoms with Gasteiger partial charge in [0.2, 0.25) is 0 Å².